The maximum absolute atomic E-state index is 5.64. The molecule has 4 nitrogen and oxygen atoms in total. The highest BCUT2D eigenvalue weighted by atomic mass is 15.1. The van der Waals surface area contributed by atoms with Crippen LogP contribution in [0.25, 0.3) is 0 Å². The Labute approximate surface area is 71.2 Å². The Morgan fingerprint density at radius 2 is 2.00 bits per heavy atom. The second kappa shape index (κ2) is 3.06. The molecule has 0 unspecified atom stereocenters. The normalized spacial score (nSPS) is 27.8. The first-order chi connectivity index (χ1) is 5.84. The lowest BCUT2D eigenvalue weighted by molar-refractivity contribution is 0.372. The first-order valence-corrected chi connectivity index (χ1v) is 4.14. The van der Waals surface area contributed by atoms with Crippen LogP contribution < -0.4 is 11.1 Å². The van der Waals surface area contributed by atoms with Crippen molar-refractivity contribution in [2.24, 2.45) is 5.73 Å². The summed E-state index contributed by atoms with van der Waals surface area (Å²) in [6, 6.07) is 2.64. The standard InChI is InChI=1S/C8H12N4/c9-6-4-7(5-6)12-8-10-2-1-3-11-8/h1-3,6-7H,4-5,9H2,(H,10,11,12). The van der Waals surface area contributed by atoms with Gasteiger partial charge in [-0.2, -0.15) is 0 Å². The number of rotatable bonds is 2. The molecule has 4 heteroatoms. The van der Waals surface area contributed by atoms with Gasteiger partial charge in [0.1, 0.15) is 0 Å². The molecule has 1 saturated carbocycles. The SMILES string of the molecule is NC1CC(Nc2ncccn2)C1. The molecule has 1 aliphatic carbocycles. The van der Waals surface area contributed by atoms with Gasteiger partial charge in [-0.05, 0) is 18.9 Å². The van der Waals surface area contributed by atoms with Gasteiger partial charge in [-0.1, -0.05) is 0 Å². The van der Waals surface area contributed by atoms with Crippen molar-refractivity contribution in [3.05, 3.63) is 18.5 Å². The van der Waals surface area contributed by atoms with Gasteiger partial charge in [-0.25, -0.2) is 9.97 Å². The van der Waals surface area contributed by atoms with Crippen molar-refractivity contribution in [2.75, 3.05) is 5.32 Å². The van der Waals surface area contributed by atoms with E-state index in [0.29, 0.717) is 18.0 Å². The molecular weight excluding hydrogens is 152 g/mol. The van der Waals surface area contributed by atoms with Gasteiger partial charge in [-0.15, -0.1) is 0 Å². The summed E-state index contributed by atoms with van der Waals surface area (Å²) in [7, 11) is 0. The maximum Gasteiger partial charge on any atom is 0.222 e. The number of hydrogen-bond acceptors (Lipinski definition) is 4. The Hall–Kier alpha value is -1.16. The number of hydrogen-bond donors (Lipinski definition) is 2. The largest absolute Gasteiger partial charge is 0.351 e. The summed E-state index contributed by atoms with van der Waals surface area (Å²) in [6.07, 6.45) is 5.51. The van der Waals surface area contributed by atoms with Gasteiger partial charge >= 0.3 is 0 Å². The molecule has 0 spiro atoms. The summed E-state index contributed by atoms with van der Waals surface area (Å²) in [5.74, 6) is 0.703. The Morgan fingerprint density at radius 3 is 2.58 bits per heavy atom. The van der Waals surface area contributed by atoms with E-state index >= 15 is 0 Å². The molecule has 1 aliphatic rings. The Kier molecular flexibility index (Phi) is 1.91. The van der Waals surface area contributed by atoms with Crippen LogP contribution in [0.5, 0.6) is 0 Å². The number of nitrogens with zero attached hydrogens (tertiary/aromatic N) is 2. The van der Waals surface area contributed by atoms with E-state index < -0.39 is 0 Å². The predicted molar refractivity (Wildman–Crippen MR) is 46.7 cm³/mol. The third-order valence-electron chi connectivity index (χ3n) is 2.07. The molecule has 1 aromatic rings. The molecule has 2 rings (SSSR count). The van der Waals surface area contributed by atoms with E-state index in [4.69, 9.17) is 5.73 Å². The van der Waals surface area contributed by atoms with Crippen LogP contribution in [0.2, 0.25) is 0 Å². The van der Waals surface area contributed by atoms with Crippen LogP contribution in [-0.2, 0) is 0 Å². The minimum Gasteiger partial charge on any atom is -0.351 e. The van der Waals surface area contributed by atoms with Crippen molar-refractivity contribution in [2.45, 2.75) is 24.9 Å². The third kappa shape index (κ3) is 1.53. The lowest BCUT2D eigenvalue weighted by atomic mass is 9.88. The molecule has 1 fully saturated rings. The van der Waals surface area contributed by atoms with E-state index in [1.165, 1.54) is 0 Å². The van der Waals surface area contributed by atoms with E-state index in [-0.39, 0.29) is 0 Å². The minimum absolute atomic E-state index is 0.367. The molecule has 1 aromatic heterocycles. The lowest BCUT2D eigenvalue weighted by Crippen LogP contribution is -2.44. The minimum atomic E-state index is 0.367. The highest BCUT2D eigenvalue weighted by molar-refractivity contribution is 5.25. The fraction of sp³-hybridized carbons (Fsp3) is 0.500. The Bertz CT molecular complexity index is 242. The zero-order valence-electron chi connectivity index (χ0n) is 6.77. The molecule has 0 bridgehead atoms. The second-order valence-corrected chi connectivity index (χ2v) is 3.15. The summed E-state index contributed by atoms with van der Waals surface area (Å²) < 4.78 is 0. The van der Waals surface area contributed by atoms with E-state index in [2.05, 4.69) is 15.3 Å². The molecule has 3 N–H and O–H groups in total. The summed E-state index contributed by atoms with van der Waals surface area (Å²) in [5.41, 5.74) is 5.64. The van der Waals surface area contributed by atoms with Crippen LogP contribution in [0, 0.1) is 0 Å². The second-order valence-electron chi connectivity index (χ2n) is 3.15. The van der Waals surface area contributed by atoms with Crippen LogP contribution >= 0.6 is 0 Å². The van der Waals surface area contributed by atoms with Gasteiger partial charge in [0.25, 0.3) is 0 Å². The van der Waals surface area contributed by atoms with Crippen molar-refractivity contribution in [3.63, 3.8) is 0 Å². The van der Waals surface area contributed by atoms with Crippen molar-refractivity contribution in [3.8, 4) is 0 Å². The van der Waals surface area contributed by atoms with E-state index in [1.807, 2.05) is 0 Å². The van der Waals surface area contributed by atoms with Crippen LogP contribution in [0.15, 0.2) is 18.5 Å². The molecule has 0 amide bonds. The van der Waals surface area contributed by atoms with Gasteiger partial charge in [-0.3, -0.25) is 0 Å². The molecule has 1 heterocycles. The first kappa shape index (κ1) is 7.49. The van der Waals surface area contributed by atoms with Gasteiger partial charge in [0, 0.05) is 24.5 Å². The van der Waals surface area contributed by atoms with Gasteiger partial charge < -0.3 is 11.1 Å². The van der Waals surface area contributed by atoms with E-state index in [9.17, 15) is 0 Å². The quantitative estimate of drug-likeness (QED) is 0.663. The monoisotopic (exact) mass is 164 g/mol. The number of nitrogens with one attached hydrogen (secondary N) is 1. The highest BCUT2D eigenvalue weighted by Crippen LogP contribution is 2.20. The molecule has 0 aliphatic heterocycles. The predicted octanol–water partition coefficient (Wildman–Crippen LogP) is 0.378. The van der Waals surface area contributed by atoms with Gasteiger partial charge in [0.05, 0.1) is 0 Å². The first-order valence-electron chi connectivity index (χ1n) is 4.14. The zero-order chi connectivity index (χ0) is 8.39. The molecule has 0 radical (unpaired) electrons. The van der Waals surface area contributed by atoms with E-state index in [1.54, 1.807) is 18.5 Å². The van der Waals surface area contributed by atoms with Crippen LogP contribution in [-0.4, -0.2) is 22.1 Å². The third-order valence-corrected chi connectivity index (χ3v) is 2.07. The van der Waals surface area contributed by atoms with E-state index in [0.717, 1.165) is 12.8 Å². The number of anilines is 1. The lowest BCUT2D eigenvalue weighted by Gasteiger charge is -2.32. The molecule has 12 heavy (non-hydrogen) atoms. The average Bonchev–Trinajstić information content (AvgIpc) is 2.04. The van der Waals surface area contributed by atoms with Crippen LogP contribution in [0.4, 0.5) is 5.95 Å². The smallest absolute Gasteiger partial charge is 0.222 e. The number of aromatic nitrogens is 2. The summed E-state index contributed by atoms with van der Waals surface area (Å²) in [6.45, 7) is 0. The molecule has 0 aromatic carbocycles. The fourth-order valence-corrected chi connectivity index (χ4v) is 1.34. The van der Waals surface area contributed by atoms with Crippen LogP contribution in [0.3, 0.4) is 0 Å². The molecule has 0 saturated heterocycles. The van der Waals surface area contributed by atoms with Gasteiger partial charge in [0.2, 0.25) is 5.95 Å². The summed E-state index contributed by atoms with van der Waals surface area (Å²) >= 11 is 0. The molecule has 64 valence electrons. The summed E-state index contributed by atoms with van der Waals surface area (Å²) in [4.78, 5) is 8.13. The topological polar surface area (TPSA) is 63.8 Å². The van der Waals surface area contributed by atoms with Crippen molar-refractivity contribution in [1.82, 2.24) is 9.97 Å². The Morgan fingerprint density at radius 1 is 1.33 bits per heavy atom. The maximum atomic E-state index is 5.64. The van der Waals surface area contributed by atoms with Crippen molar-refractivity contribution in [1.29, 1.82) is 0 Å². The number of nitrogens with two attached hydrogens (primary N) is 1. The fourth-order valence-electron chi connectivity index (χ4n) is 1.34. The zero-order valence-corrected chi connectivity index (χ0v) is 6.77. The van der Waals surface area contributed by atoms with Crippen LogP contribution in [0.1, 0.15) is 12.8 Å². The van der Waals surface area contributed by atoms with Gasteiger partial charge in [0.15, 0.2) is 0 Å². The Balaban J connectivity index is 1.88. The van der Waals surface area contributed by atoms with Crippen molar-refractivity contribution >= 4 is 5.95 Å². The highest BCUT2D eigenvalue weighted by Gasteiger charge is 2.25. The molecular formula is C8H12N4. The summed E-state index contributed by atoms with van der Waals surface area (Å²) in [5, 5.41) is 3.21. The van der Waals surface area contributed by atoms with Crippen molar-refractivity contribution < 1.29 is 0 Å². The average molecular weight is 164 g/mol. The molecule has 0 atom stereocenters.